The van der Waals surface area contributed by atoms with E-state index in [4.69, 9.17) is 4.74 Å². The number of aryl methyl sites for hydroxylation is 1. The standard InChI is InChI=1S/C30H32F2N8O2/c1-18(21-5-7-27(34-15-21)40-17-23(31)16-35-40)4-6-25(41)30(42-3)10-8-20(9-11-30)28-22(14-33)13-24(32)29(37-28)36-26-12-19(2)38-39-26/h5,7,12-13,15-18,20H,4,6,8-11H2,1-3H3,(H2,36,37,38,39)/t18-,20-,30-/m1/s1. The monoisotopic (exact) mass is 574 g/mol. The van der Waals surface area contributed by atoms with Crippen molar-refractivity contribution in [1.82, 2.24) is 29.9 Å². The Bertz CT molecular complexity index is 1600. The summed E-state index contributed by atoms with van der Waals surface area (Å²) in [6.45, 7) is 3.87. The molecule has 0 spiro atoms. The third-order valence-corrected chi connectivity index (χ3v) is 8.09. The zero-order valence-electron chi connectivity index (χ0n) is 23.7. The van der Waals surface area contributed by atoms with Gasteiger partial charge < -0.3 is 10.1 Å². The van der Waals surface area contributed by atoms with Crippen LogP contribution >= 0.6 is 0 Å². The lowest BCUT2D eigenvalue weighted by Gasteiger charge is -2.38. The smallest absolute Gasteiger partial charge is 0.168 e. The average Bonchev–Trinajstić information content (AvgIpc) is 3.64. The summed E-state index contributed by atoms with van der Waals surface area (Å²) in [6, 6.07) is 8.68. The molecule has 4 aromatic rings. The lowest BCUT2D eigenvalue weighted by molar-refractivity contribution is -0.145. The number of pyridine rings is 2. The van der Waals surface area contributed by atoms with Crippen molar-refractivity contribution >= 4 is 17.4 Å². The number of hydrogen-bond donors (Lipinski definition) is 2. The number of ether oxygens (including phenoxy) is 1. The van der Waals surface area contributed by atoms with Crippen molar-refractivity contribution in [2.75, 3.05) is 12.4 Å². The van der Waals surface area contributed by atoms with Gasteiger partial charge in [-0.15, -0.1) is 0 Å². The van der Waals surface area contributed by atoms with Crippen molar-refractivity contribution in [1.29, 1.82) is 5.26 Å². The number of methoxy groups -OCH3 is 1. The molecule has 42 heavy (non-hydrogen) atoms. The third-order valence-electron chi connectivity index (χ3n) is 8.09. The predicted octanol–water partition coefficient (Wildman–Crippen LogP) is 5.78. The lowest BCUT2D eigenvalue weighted by Crippen LogP contribution is -2.44. The lowest BCUT2D eigenvalue weighted by atomic mass is 9.73. The molecule has 1 aliphatic rings. The molecule has 0 unspecified atom stereocenters. The highest BCUT2D eigenvalue weighted by molar-refractivity contribution is 5.87. The summed E-state index contributed by atoms with van der Waals surface area (Å²) >= 11 is 0. The Morgan fingerprint density at radius 3 is 2.67 bits per heavy atom. The van der Waals surface area contributed by atoms with E-state index in [1.165, 1.54) is 16.9 Å². The number of H-pyrrole nitrogens is 1. The molecule has 2 N–H and O–H groups in total. The first-order valence-electron chi connectivity index (χ1n) is 13.9. The number of Topliss-reactive ketones (excluding diaryl/α,β-unsaturated/α-hetero) is 1. The van der Waals surface area contributed by atoms with Crippen molar-refractivity contribution in [3.8, 4) is 11.9 Å². The molecular formula is C30H32F2N8O2. The minimum Gasteiger partial charge on any atom is -0.370 e. The van der Waals surface area contributed by atoms with Crippen LogP contribution in [0.1, 0.15) is 79.8 Å². The highest BCUT2D eigenvalue weighted by Gasteiger charge is 2.42. The summed E-state index contributed by atoms with van der Waals surface area (Å²) in [5.74, 6) is -0.144. The summed E-state index contributed by atoms with van der Waals surface area (Å²) in [6.07, 6.45) is 7.15. The first-order valence-corrected chi connectivity index (χ1v) is 13.9. The second-order valence-electron chi connectivity index (χ2n) is 10.8. The summed E-state index contributed by atoms with van der Waals surface area (Å²) in [7, 11) is 1.56. The van der Waals surface area contributed by atoms with Crippen molar-refractivity contribution in [2.24, 2.45) is 0 Å². The molecule has 1 fully saturated rings. The highest BCUT2D eigenvalue weighted by Crippen LogP contribution is 2.42. The van der Waals surface area contributed by atoms with Gasteiger partial charge in [-0.05, 0) is 62.6 Å². The SMILES string of the molecule is CO[C@]1(C(=O)CC[C@@H](C)c2ccc(-n3cc(F)cn3)nc2)CC[C@@H](c2nc(Nc3cc(C)[nH]n3)c(F)cc2C#N)CC1. The van der Waals surface area contributed by atoms with Crippen LogP contribution in [0.5, 0.6) is 0 Å². The van der Waals surface area contributed by atoms with Crippen LogP contribution in [0.15, 0.2) is 42.9 Å². The molecule has 1 saturated carbocycles. The molecule has 10 nitrogen and oxygen atoms in total. The Hall–Kier alpha value is -4.50. The highest BCUT2D eigenvalue weighted by atomic mass is 19.1. The van der Waals surface area contributed by atoms with E-state index >= 15 is 0 Å². The van der Waals surface area contributed by atoms with Crippen LogP contribution in [0.3, 0.4) is 0 Å². The molecule has 218 valence electrons. The van der Waals surface area contributed by atoms with Crippen molar-refractivity contribution < 1.29 is 18.3 Å². The van der Waals surface area contributed by atoms with E-state index in [1.807, 2.05) is 19.9 Å². The third kappa shape index (κ3) is 6.06. The summed E-state index contributed by atoms with van der Waals surface area (Å²) in [5.41, 5.74) is 1.56. The van der Waals surface area contributed by atoms with E-state index in [9.17, 15) is 18.8 Å². The molecule has 12 heteroatoms. The predicted molar refractivity (Wildman–Crippen MR) is 150 cm³/mol. The van der Waals surface area contributed by atoms with Crippen molar-refractivity contribution in [3.63, 3.8) is 0 Å². The number of nitriles is 1. The zero-order chi connectivity index (χ0) is 29.9. The maximum atomic E-state index is 14.7. The molecule has 5 rings (SSSR count). The molecule has 1 atom stereocenters. The van der Waals surface area contributed by atoms with Crippen LogP contribution in [-0.2, 0) is 9.53 Å². The largest absolute Gasteiger partial charge is 0.370 e. The Balaban J connectivity index is 1.22. The minimum absolute atomic E-state index is 0.00320. The molecule has 0 aliphatic heterocycles. The summed E-state index contributed by atoms with van der Waals surface area (Å²) < 4.78 is 35.2. The van der Waals surface area contributed by atoms with E-state index in [0.29, 0.717) is 55.9 Å². The first kappa shape index (κ1) is 29.0. The Morgan fingerprint density at radius 1 is 1.29 bits per heavy atom. The van der Waals surface area contributed by atoms with Crippen LogP contribution in [0.4, 0.5) is 20.4 Å². The molecule has 0 bridgehead atoms. The molecule has 0 aromatic carbocycles. The number of carbonyl (C=O) groups excluding carboxylic acids is 1. The molecule has 4 aromatic heterocycles. The van der Waals surface area contributed by atoms with E-state index in [-0.39, 0.29) is 29.0 Å². The summed E-state index contributed by atoms with van der Waals surface area (Å²) in [5, 5.41) is 23.4. The fourth-order valence-electron chi connectivity index (χ4n) is 5.54. The topological polar surface area (TPSA) is 134 Å². The van der Waals surface area contributed by atoms with Crippen LogP contribution in [0.2, 0.25) is 0 Å². The fraction of sp³-hybridized carbons (Fsp3) is 0.400. The van der Waals surface area contributed by atoms with Gasteiger partial charge in [0.05, 0.1) is 23.7 Å². The van der Waals surface area contributed by atoms with Gasteiger partial charge in [-0.3, -0.25) is 9.89 Å². The molecule has 0 radical (unpaired) electrons. The quantitative estimate of drug-likeness (QED) is 0.243. The zero-order valence-corrected chi connectivity index (χ0v) is 23.7. The molecule has 4 heterocycles. The number of carbonyl (C=O) groups is 1. The van der Waals surface area contributed by atoms with Crippen LogP contribution in [0.25, 0.3) is 5.82 Å². The van der Waals surface area contributed by atoms with Gasteiger partial charge in [0, 0.05) is 37.4 Å². The number of nitrogens with zero attached hydrogens (tertiary/aromatic N) is 6. The van der Waals surface area contributed by atoms with Crippen molar-refractivity contribution in [3.05, 3.63) is 77.0 Å². The summed E-state index contributed by atoms with van der Waals surface area (Å²) in [4.78, 5) is 22.3. The minimum atomic E-state index is -0.914. The normalized spacial score (nSPS) is 19.3. The van der Waals surface area contributed by atoms with E-state index < -0.39 is 17.2 Å². The second-order valence-corrected chi connectivity index (χ2v) is 10.8. The maximum Gasteiger partial charge on any atom is 0.168 e. The number of nitrogens with one attached hydrogen (secondary N) is 2. The van der Waals surface area contributed by atoms with Crippen LogP contribution < -0.4 is 5.32 Å². The Labute approximate surface area is 242 Å². The number of hydrogen-bond acceptors (Lipinski definition) is 8. The average molecular weight is 575 g/mol. The van der Waals surface area contributed by atoms with E-state index in [1.54, 1.807) is 25.4 Å². The maximum absolute atomic E-state index is 14.7. The molecular weight excluding hydrogens is 542 g/mol. The van der Waals surface area contributed by atoms with Gasteiger partial charge in [0.2, 0.25) is 0 Å². The van der Waals surface area contributed by atoms with Crippen molar-refractivity contribution in [2.45, 2.75) is 69.8 Å². The van der Waals surface area contributed by atoms with Gasteiger partial charge in [-0.1, -0.05) is 13.0 Å². The van der Waals surface area contributed by atoms with Gasteiger partial charge in [-0.25, -0.2) is 23.4 Å². The van der Waals surface area contributed by atoms with Crippen LogP contribution in [0, 0.1) is 29.9 Å². The van der Waals surface area contributed by atoms with Gasteiger partial charge in [0.15, 0.2) is 34.9 Å². The van der Waals surface area contributed by atoms with Crippen LogP contribution in [-0.4, -0.2) is 48.4 Å². The Morgan fingerprint density at radius 2 is 2.07 bits per heavy atom. The fourth-order valence-corrected chi connectivity index (χ4v) is 5.54. The first-order chi connectivity index (χ1) is 20.2. The van der Waals surface area contributed by atoms with E-state index in [0.717, 1.165) is 17.5 Å². The van der Waals surface area contributed by atoms with Gasteiger partial charge in [-0.2, -0.15) is 15.5 Å². The van der Waals surface area contributed by atoms with Gasteiger partial charge >= 0.3 is 0 Å². The number of halogens is 2. The number of aromatic nitrogens is 6. The van der Waals surface area contributed by atoms with Gasteiger partial charge in [0.1, 0.15) is 11.7 Å². The van der Waals surface area contributed by atoms with Gasteiger partial charge in [0.25, 0.3) is 0 Å². The number of ketones is 1. The molecule has 1 aliphatic carbocycles. The number of aromatic amines is 1. The molecule has 0 amide bonds. The number of rotatable bonds is 10. The number of anilines is 2. The second kappa shape index (κ2) is 12.2. The Kier molecular flexibility index (Phi) is 8.40. The molecule has 0 saturated heterocycles. The van der Waals surface area contributed by atoms with E-state index in [2.05, 4.69) is 36.7 Å².